The number of benzene rings is 2. The molecule has 0 saturated carbocycles. The molecule has 21 heteroatoms. The van der Waals surface area contributed by atoms with Crippen LogP contribution in [0.1, 0.15) is 77.8 Å². The summed E-state index contributed by atoms with van der Waals surface area (Å²) >= 11 is 0. The minimum absolute atomic E-state index is 0.0170. The highest BCUT2D eigenvalue weighted by molar-refractivity contribution is 7.86. The number of nitrogens with one attached hydrogen (secondary N) is 1. The van der Waals surface area contributed by atoms with Crippen LogP contribution in [0.3, 0.4) is 0 Å². The topological polar surface area (TPSA) is 273 Å². The maximum absolute atomic E-state index is 12.2. The lowest BCUT2D eigenvalue weighted by atomic mass is 9.81. The first-order valence-electron chi connectivity index (χ1n) is 18.9. The number of anilines is 1. The van der Waals surface area contributed by atoms with Crippen LogP contribution in [-0.4, -0.2) is 104 Å². The number of rotatable bonds is 16. The van der Waals surface area contributed by atoms with Gasteiger partial charge in [0.1, 0.15) is 12.6 Å². The van der Waals surface area contributed by atoms with Crippen LogP contribution in [0.15, 0.2) is 93.0 Å². The van der Waals surface area contributed by atoms with Crippen LogP contribution in [0.25, 0.3) is 0 Å². The maximum Gasteiger partial charge on any atom is 0.325 e. The molecule has 0 bridgehead atoms. The van der Waals surface area contributed by atoms with Gasteiger partial charge in [-0.05, 0) is 99.6 Å². The average Bonchev–Trinajstić information content (AvgIpc) is 3.46. The minimum Gasteiger partial charge on any atom is -0.480 e. The van der Waals surface area contributed by atoms with Gasteiger partial charge >= 0.3 is 5.97 Å². The molecular weight excluding hydrogens is 863 g/mol. The molecule has 2 heterocycles. The highest BCUT2D eigenvalue weighted by Gasteiger charge is 2.45. The van der Waals surface area contributed by atoms with Crippen LogP contribution < -0.4 is 10.2 Å². The van der Waals surface area contributed by atoms with Gasteiger partial charge in [0, 0.05) is 53.2 Å². The number of aliphatic carboxylic acids is 1. The van der Waals surface area contributed by atoms with Crippen molar-refractivity contribution in [1.29, 1.82) is 0 Å². The molecule has 2 aromatic rings. The van der Waals surface area contributed by atoms with E-state index in [-0.39, 0.29) is 35.7 Å². The predicted octanol–water partition coefficient (Wildman–Crippen LogP) is 4.78. The summed E-state index contributed by atoms with van der Waals surface area (Å²) in [5.41, 5.74) is 3.64. The third kappa shape index (κ3) is 10.4. The van der Waals surface area contributed by atoms with Crippen LogP contribution in [0.2, 0.25) is 0 Å². The SMILES string of the molecule is CC(NC1=C(/C=C/C2=[N+](CCCS(=O)(=O)O)c3ccc(S(=O)(=O)O)cc3C2(C)C)CCC/C1=C\C=C1/N(CCCS(=O)(=O)O)c2ccc(S(=O)(=O)O)cc2C1(C)C)C(=O)O. The van der Waals surface area contributed by atoms with E-state index in [9.17, 15) is 61.8 Å². The normalized spacial score (nSPS) is 20.0. The molecular formula is C39H50N3O14S4+. The van der Waals surface area contributed by atoms with Crippen molar-refractivity contribution in [3.63, 3.8) is 0 Å². The third-order valence-corrected chi connectivity index (χ3v) is 14.3. The van der Waals surface area contributed by atoms with Crippen LogP contribution in [-0.2, 0) is 56.1 Å². The Bertz CT molecular complexity index is 2710. The zero-order valence-electron chi connectivity index (χ0n) is 33.7. The van der Waals surface area contributed by atoms with Gasteiger partial charge in [0.05, 0.1) is 26.7 Å². The molecule has 0 fully saturated rings. The second-order valence-corrected chi connectivity index (χ2v) is 22.0. The van der Waals surface area contributed by atoms with Crippen LogP contribution in [0, 0.1) is 0 Å². The van der Waals surface area contributed by atoms with Gasteiger partial charge in [-0.1, -0.05) is 26.0 Å². The van der Waals surface area contributed by atoms with E-state index >= 15 is 0 Å². The predicted molar refractivity (Wildman–Crippen MR) is 224 cm³/mol. The lowest BCUT2D eigenvalue weighted by Crippen LogP contribution is -2.35. The van der Waals surface area contributed by atoms with Crippen molar-refractivity contribution in [3.8, 4) is 0 Å². The molecule has 60 heavy (non-hydrogen) atoms. The number of fused-ring (bicyclic) bond motifs is 2. The summed E-state index contributed by atoms with van der Waals surface area (Å²) in [7, 11) is -17.7. The Balaban J connectivity index is 1.64. The first kappa shape index (κ1) is 46.8. The van der Waals surface area contributed by atoms with Gasteiger partial charge in [-0.2, -0.15) is 38.2 Å². The highest BCUT2D eigenvalue weighted by Crippen LogP contribution is 2.49. The van der Waals surface area contributed by atoms with Crippen molar-refractivity contribution in [1.82, 2.24) is 5.32 Å². The van der Waals surface area contributed by atoms with Crippen molar-refractivity contribution in [3.05, 3.63) is 94.4 Å². The number of carboxylic acids is 1. The van der Waals surface area contributed by atoms with E-state index in [1.165, 1.54) is 43.3 Å². The first-order chi connectivity index (χ1) is 27.5. The van der Waals surface area contributed by atoms with E-state index in [2.05, 4.69) is 5.32 Å². The van der Waals surface area contributed by atoms with Gasteiger partial charge in [-0.15, -0.1) is 0 Å². The lowest BCUT2D eigenvalue weighted by molar-refractivity contribution is -0.437. The van der Waals surface area contributed by atoms with Gasteiger partial charge in [0.2, 0.25) is 5.69 Å². The molecule has 328 valence electrons. The fraction of sp³-hybridized carbons (Fsp3) is 0.436. The summed E-state index contributed by atoms with van der Waals surface area (Å²) in [6, 6.07) is 7.18. The molecule has 1 atom stereocenters. The van der Waals surface area contributed by atoms with Crippen molar-refractivity contribution in [2.75, 3.05) is 29.5 Å². The molecule has 5 rings (SSSR count). The summed E-state index contributed by atoms with van der Waals surface area (Å²) < 4.78 is 135. The number of carboxylic acid groups (broad SMARTS) is 1. The third-order valence-electron chi connectivity index (χ3n) is 11.0. The maximum atomic E-state index is 12.2. The largest absolute Gasteiger partial charge is 0.480 e. The molecule has 0 aromatic heterocycles. The Morgan fingerprint density at radius 2 is 1.38 bits per heavy atom. The van der Waals surface area contributed by atoms with Crippen molar-refractivity contribution in [2.45, 2.75) is 93.4 Å². The van der Waals surface area contributed by atoms with Crippen LogP contribution in [0.4, 0.5) is 11.4 Å². The molecule has 6 N–H and O–H groups in total. The monoisotopic (exact) mass is 912 g/mol. The van der Waals surface area contributed by atoms with E-state index in [0.29, 0.717) is 70.0 Å². The molecule has 0 amide bonds. The molecule has 1 aliphatic carbocycles. The molecule has 0 saturated heterocycles. The second-order valence-electron chi connectivity index (χ2n) is 16.1. The Hall–Kier alpha value is -4.22. The van der Waals surface area contributed by atoms with Gasteiger partial charge in [-0.25, -0.2) is 0 Å². The summed E-state index contributed by atoms with van der Waals surface area (Å²) in [6.45, 7) is 9.06. The summed E-state index contributed by atoms with van der Waals surface area (Å²) in [6.07, 6.45) is 8.90. The fourth-order valence-corrected chi connectivity index (χ4v) is 10.0. The first-order valence-corrected chi connectivity index (χ1v) is 25.0. The number of carbonyl (C=O) groups is 1. The summed E-state index contributed by atoms with van der Waals surface area (Å²) in [5, 5.41) is 13.1. The Labute approximate surface area is 350 Å². The Morgan fingerprint density at radius 1 is 0.800 bits per heavy atom. The van der Waals surface area contributed by atoms with E-state index in [4.69, 9.17) is 0 Å². The molecule has 0 radical (unpaired) electrons. The molecule has 0 spiro atoms. The molecule has 3 aliphatic rings. The number of allylic oxidation sites excluding steroid dienone is 7. The van der Waals surface area contributed by atoms with Gasteiger partial charge < -0.3 is 15.3 Å². The smallest absolute Gasteiger partial charge is 0.325 e. The molecule has 2 aliphatic heterocycles. The standard InChI is InChI=1S/C39H49N3O14S4/c1-25(37(43)44)40-36-26(11-17-34-38(2,3)30-23-28(59(51,52)53)13-15-32(30)41(34)19-7-21-57(45,46)47)9-6-10-27(36)12-18-35-39(4,5)31-24-29(60(54,55)56)14-16-33(31)42(35)20-8-22-58(48,49)50/h11-18,23-25H,6-10,19-22H2,1-5H3,(H5,43,44,45,46,47,48,49,50,51,52,53,54,55,56)/p+1/b26-11+,34-17-. The van der Waals surface area contributed by atoms with E-state index < -0.39 is 74.8 Å². The number of hydrogen-bond acceptors (Lipinski definition) is 11. The quantitative estimate of drug-likeness (QED) is 0.0977. The zero-order chi connectivity index (χ0) is 44.8. The second kappa shape index (κ2) is 16.9. The number of nitrogens with zero attached hydrogens (tertiary/aromatic N) is 2. The lowest BCUT2D eigenvalue weighted by Gasteiger charge is -2.28. The Kier molecular flexibility index (Phi) is 13.2. The van der Waals surface area contributed by atoms with Crippen molar-refractivity contribution < 1.29 is 66.4 Å². The van der Waals surface area contributed by atoms with Gasteiger partial charge in [0.25, 0.3) is 40.5 Å². The van der Waals surface area contributed by atoms with Crippen LogP contribution in [0.5, 0.6) is 0 Å². The molecule has 2 aromatic carbocycles. The minimum atomic E-state index is -4.57. The Morgan fingerprint density at radius 3 is 1.97 bits per heavy atom. The average molecular weight is 913 g/mol. The fourth-order valence-electron chi connectivity index (χ4n) is 8.00. The van der Waals surface area contributed by atoms with E-state index in [0.717, 1.165) is 0 Å². The molecule has 17 nitrogen and oxygen atoms in total. The van der Waals surface area contributed by atoms with Crippen molar-refractivity contribution >= 4 is 63.5 Å². The summed E-state index contributed by atoms with van der Waals surface area (Å²) in [4.78, 5) is 13.3. The van der Waals surface area contributed by atoms with Gasteiger partial charge in [-0.3, -0.25) is 23.0 Å². The van der Waals surface area contributed by atoms with Gasteiger partial charge in [0.15, 0.2) is 5.71 Å². The van der Waals surface area contributed by atoms with Crippen molar-refractivity contribution in [2.24, 2.45) is 0 Å². The van der Waals surface area contributed by atoms with E-state index in [1.54, 1.807) is 12.2 Å². The summed E-state index contributed by atoms with van der Waals surface area (Å²) in [5.74, 6) is -2.18. The van der Waals surface area contributed by atoms with E-state index in [1.807, 2.05) is 49.3 Å². The number of hydrogen-bond donors (Lipinski definition) is 6. The highest BCUT2D eigenvalue weighted by atomic mass is 32.2. The molecule has 1 unspecified atom stereocenters. The van der Waals surface area contributed by atoms with Crippen LogP contribution >= 0.6 is 0 Å². The zero-order valence-corrected chi connectivity index (χ0v) is 36.9.